The van der Waals surface area contributed by atoms with Gasteiger partial charge in [-0.3, -0.25) is 4.79 Å². The van der Waals surface area contributed by atoms with Crippen molar-refractivity contribution in [3.05, 3.63) is 58.4 Å². The monoisotopic (exact) mass is 313 g/mol. The van der Waals surface area contributed by atoms with Gasteiger partial charge in [0.25, 0.3) is 0 Å². The predicted octanol–water partition coefficient (Wildman–Crippen LogP) is 4.35. The zero-order valence-corrected chi connectivity index (χ0v) is 13.9. The van der Waals surface area contributed by atoms with Crippen molar-refractivity contribution in [3.63, 3.8) is 0 Å². The molecule has 0 radical (unpaired) electrons. The van der Waals surface area contributed by atoms with Crippen LogP contribution in [0, 0.1) is 0 Å². The van der Waals surface area contributed by atoms with E-state index in [1.54, 1.807) is 6.20 Å². The molecule has 0 spiro atoms. The standard InChI is InChI=1S/C20H27NO2/c1-2-3-4-5-6-7-10-17(22)14-13-16-15-21-19-12-9-8-11-18(19)20(16)23/h7-12,15,17,22H,2-6,13-14H2,1H3,(H,21,23). The van der Waals surface area contributed by atoms with Gasteiger partial charge in [-0.2, -0.15) is 0 Å². The topological polar surface area (TPSA) is 53.1 Å². The van der Waals surface area contributed by atoms with Gasteiger partial charge in [0.05, 0.1) is 6.10 Å². The van der Waals surface area contributed by atoms with Crippen LogP contribution in [-0.2, 0) is 6.42 Å². The van der Waals surface area contributed by atoms with Crippen LogP contribution in [0.25, 0.3) is 10.9 Å². The summed E-state index contributed by atoms with van der Waals surface area (Å²) in [6.07, 6.45) is 12.4. The first-order valence-electron chi connectivity index (χ1n) is 8.66. The van der Waals surface area contributed by atoms with E-state index >= 15 is 0 Å². The molecular weight excluding hydrogens is 286 g/mol. The van der Waals surface area contributed by atoms with Crippen molar-refractivity contribution < 1.29 is 5.11 Å². The quantitative estimate of drug-likeness (QED) is 0.534. The number of hydrogen-bond donors (Lipinski definition) is 2. The maximum Gasteiger partial charge on any atom is 0.192 e. The Balaban J connectivity index is 1.85. The number of fused-ring (bicyclic) bond motifs is 1. The molecule has 0 amide bonds. The van der Waals surface area contributed by atoms with Gasteiger partial charge in [-0.15, -0.1) is 0 Å². The maximum absolute atomic E-state index is 12.4. The van der Waals surface area contributed by atoms with Crippen LogP contribution in [-0.4, -0.2) is 16.2 Å². The van der Waals surface area contributed by atoms with E-state index in [0.29, 0.717) is 18.2 Å². The number of nitrogens with one attached hydrogen (secondary N) is 1. The minimum atomic E-state index is -0.480. The fraction of sp³-hybridized carbons (Fsp3) is 0.450. The summed E-state index contributed by atoms with van der Waals surface area (Å²) in [6, 6.07) is 7.52. The van der Waals surface area contributed by atoms with Gasteiger partial charge in [-0.25, -0.2) is 0 Å². The molecule has 1 atom stereocenters. The van der Waals surface area contributed by atoms with Gasteiger partial charge in [0, 0.05) is 22.7 Å². The molecule has 23 heavy (non-hydrogen) atoms. The summed E-state index contributed by atoms with van der Waals surface area (Å²) < 4.78 is 0. The zero-order valence-electron chi connectivity index (χ0n) is 13.9. The van der Waals surface area contributed by atoms with E-state index < -0.39 is 6.10 Å². The minimum absolute atomic E-state index is 0.0649. The predicted molar refractivity (Wildman–Crippen MR) is 96.8 cm³/mol. The molecule has 0 bridgehead atoms. The number of H-pyrrole nitrogens is 1. The molecule has 0 aliphatic heterocycles. The highest BCUT2D eigenvalue weighted by Crippen LogP contribution is 2.10. The number of aromatic amines is 1. The number of aromatic nitrogens is 1. The molecule has 1 aromatic carbocycles. The summed E-state index contributed by atoms with van der Waals surface area (Å²) >= 11 is 0. The molecule has 3 nitrogen and oxygen atoms in total. The summed E-state index contributed by atoms with van der Waals surface area (Å²) in [4.78, 5) is 15.5. The maximum atomic E-state index is 12.4. The number of aliphatic hydroxyl groups excluding tert-OH is 1. The van der Waals surface area contributed by atoms with Crippen molar-refractivity contribution in [2.24, 2.45) is 0 Å². The Bertz CT molecular complexity index is 687. The van der Waals surface area contributed by atoms with Gasteiger partial charge in [-0.05, 0) is 37.8 Å². The molecule has 3 heteroatoms. The molecule has 2 N–H and O–H groups in total. The van der Waals surface area contributed by atoms with E-state index in [4.69, 9.17) is 0 Å². The van der Waals surface area contributed by atoms with Gasteiger partial charge in [-0.1, -0.05) is 50.5 Å². The molecule has 0 saturated carbocycles. The summed E-state index contributed by atoms with van der Waals surface area (Å²) in [5.74, 6) is 0. The fourth-order valence-electron chi connectivity index (χ4n) is 2.74. The zero-order chi connectivity index (χ0) is 16.5. The Morgan fingerprint density at radius 2 is 2.04 bits per heavy atom. The first-order valence-corrected chi connectivity index (χ1v) is 8.66. The van der Waals surface area contributed by atoms with Crippen LogP contribution in [0.15, 0.2) is 47.4 Å². The van der Waals surface area contributed by atoms with Crippen molar-refractivity contribution in [2.45, 2.75) is 58.0 Å². The fourth-order valence-corrected chi connectivity index (χ4v) is 2.74. The third kappa shape index (κ3) is 5.36. The lowest BCUT2D eigenvalue weighted by atomic mass is 10.0. The second kappa shape index (κ2) is 9.31. The molecule has 0 aliphatic carbocycles. The Hall–Kier alpha value is -1.87. The summed E-state index contributed by atoms with van der Waals surface area (Å²) in [5.41, 5.74) is 1.66. The van der Waals surface area contributed by atoms with Crippen molar-refractivity contribution in [2.75, 3.05) is 0 Å². The minimum Gasteiger partial charge on any atom is -0.389 e. The van der Waals surface area contributed by atoms with E-state index in [1.807, 2.05) is 30.3 Å². The van der Waals surface area contributed by atoms with Gasteiger partial charge >= 0.3 is 0 Å². The SMILES string of the molecule is CCCCCCC=CC(O)CCc1c[nH]c2ccccc2c1=O. The van der Waals surface area contributed by atoms with Crippen LogP contribution in [0.2, 0.25) is 0 Å². The normalized spacial score (nSPS) is 13.0. The number of pyridine rings is 1. The molecule has 0 aliphatic rings. The summed E-state index contributed by atoms with van der Waals surface area (Å²) in [5, 5.41) is 10.7. The van der Waals surface area contributed by atoms with Crippen LogP contribution < -0.4 is 5.43 Å². The highest BCUT2D eigenvalue weighted by molar-refractivity contribution is 5.78. The molecule has 0 fully saturated rings. The van der Waals surface area contributed by atoms with Crippen LogP contribution in [0.1, 0.15) is 51.0 Å². The second-order valence-corrected chi connectivity index (χ2v) is 6.07. The van der Waals surface area contributed by atoms with Crippen molar-refractivity contribution in [1.29, 1.82) is 0 Å². The Morgan fingerprint density at radius 3 is 2.87 bits per heavy atom. The largest absolute Gasteiger partial charge is 0.389 e. The van der Waals surface area contributed by atoms with Gasteiger partial charge < -0.3 is 10.1 Å². The van der Waals surface area contributed by atoms with Crippen LogP contribution in [0.3, 0.4) is 0 Å². The van der Waals surface area contributed by atoms with Crippen LogP contribution in [0.4, 0.5) is 0 Å². The first-order chi connectivity index (χ1) is 11.2. The third-order valence-corrected chi connectivity index (χ3v) is 4.16. The second-order valence-electron chi connectivity index (χ2n) is 6.07. The number of benzene rings is 1. The summed E-state index contributed by atoms with van der Waals surface area (Å²) in [6.45, 7) is 2.20. The van der Waals surface area contributed by atoms with Crippen molar-refractivity contribution in [1.82, 2.24) is 4.98 Å². The molecule has 2 rings (SSSR count). The van der Waals surface area contributed by atoms with Crippen LogP contribution >= 0.6 is 0 Å². The highest BCUT2D eigenvalue weighted by atomic mass is 16.3. The van der Waals surface area contributed by atoms with Crippen LogP contribution in [0.5, 0.6) is 0 Å². The molecule has 1 unspecified atom stereocenters. The average Bonchev–Trinajstić information content (AvgIpc) is 2.57. The van der Waals surface area contributed by atoms with Gasteiger partial charge in [0.1, 0.15) is 0 Å². The lowest BCUT2D eigenvalue weighted by Gasteiger charge is -2.06. The number of para-hydroxylation sites is 1. The van der Waals surface area contributed by atoms with E-state index in [0.717, 1.165) is 17.5 Å². The molecule has 2 aromatic rings. The Kier molecular flexibility index (Phi) is 7.08. The Morgan fingerprint density at radius 1 is 1.22 bits per heavy atom. The van der Waals surface area contributed by atoms with Crippen molar-refractivity contribution in [3.8, 4) is 0 Å². The number of unbranched alkanes of at least 4 members (excludes halogenated alkanes) is 4. The number of aliphatic hydroxyl groups is 1. The van der Waals surface area contributed by atoms with E-state index in [9.17, 15) is 9.90 Å². The molecule has 124 valence electrons. The lowest BCUT2D eigenvalue weighted by Crippen LogP contribution is -2.13. The van der Waals surface area contributed by atoms with Crippen molar-refractivity contribution >= 4 is 10.9 Å². The summed E-state index contributed by atoms with van der Waals surface area (Å²) in [7, 11) is 0. The first kappa shape index (κ1) is 17.5. The lowest BCUT2D eigenvalue weighted by molar-refractivity contribution is 0.212. The average molecular weight is 313 g/mol. The van der Waals surface area contributed by atoms with E-state index in [1.165, 1.54) is 25.7 Å². The molecule has 1 aromatic heterocycles. The Labute approximate surface area is 138 Å². The van der Waals surface area contributed by atoms with E-state index in [2.05, 4.69) is 18.0 Å². The third-order valence-electron chi connectivity index (χ3n) is 4.16. The highest BCUT2D eigenvalue weighted by Gasteiger charge is 2.06. The molecule has 1 heterocycles. The number of hydrogen-bond acceptors (Lipinski definition) is 2. The number of rotatable bonds is 9. The van der Waals surface area contributed by atoms with Gasteiger partial charge in [0.15, 0.2) is 5.43 Å². The number of aryl methyl sites for hydroxylation is 1. The molecular formula is C20H27NO2. The molecule has 0 saturated heterocycles. The van der Waals surface area contributed by atoms with Gasteiger partial charge in [0.2, 0.25) is 0 Å². The van der Waals surface area contributed by atoms with E-state index in [-0.39, 0.29) is 5.43 Å². The smallest absolute Gasteiger partial charge is 0.192 e. The number of allylic oxidation sites excluding steroid dienone is 1.